The van der Waals surface area contributed by atoms with Gasteiger partial charge in [0.1, 0.15) is 0 Å². The number of rotatable bonds is 3. The normalized spacial score (nSPS) is 22.2. The van der Waals surface area contributed by atoms with Crippen LogP contribution in [0.25, 0.3) is 0 Å². The van der Waals surface area contributed by atoms with Crippen LogP contribution in [0.5, 0.6) is 0 Å². The molecule has 5 nitrogen and oxygen atoms in total. The highest BCUT2D eigenvalue weighted by Crippen LogP contribution is 2.16. The largest absolute Gasteiger partial charge is 0.348 e. The molecule has 1 aliphatic heterocycles. The average molecular weight is 213 g/mol. The van der Waals surface area contributed by atoms with Crippen molar-refractivity contribution in [2.75, 3.05) is 31.6 Å². The molecule has 1 N–H and O–H groups in total. The molecule has 1 unspecified atom stereocenters. The lowest BCUT2D eigenvalue weighted by Gasteiger charge is -2.26. The SMILES string of the molecule is CN(CC1CCCNC1)c1nnns1. The van der Waals surface area contributed by atoms with Gasteiger partial charge in [-0.15, -0.1) is 0 Å². The van der Waals surface area contributed by atoms with E-state index in [0.717, 1.165) is 24.1 Å². The first-order chi connectivity index (χ1) is 6.86. The molecule has 1 aliphatic rings. The molecule has 6 heteroatoms. The second-order valence-corrected chi connectivity index (χ2v) is 4.45. The van der Waals surface area contributed by atoms with Crippen molar-refractivity contribution in [1.82, 2.24) is 20.1 Å². The van der Waals surface area contributed by atoms with E-state index in [1.54, 1.807) is 0 Å². The molecule has 14 heavy (non-hydrogen) atoms. The van der Waals surface area contributed by atoms with Gasteiger partial charge in [-0.05, 0) is 37.1 Å². The molecule has 0 bridgehead atoms. The third-order valence-electron chi connectivity index (χ3n) is 2.55. The third-order valence-corrected chi connectivity index (χ3v) is 3.26. The Morgan fingerprint density at radius 3 is 3.21 bits per heavy atom. The van der Waals surface area contributed by atoms with Crippen LogP contribution in [-0.2, 0) is 0 Å². The van der Waals surface area contributed by atoms with Crippen molar-refractivity contribution in [2.24, 2.45) is 5.92 Å². The number of piperidine rings is 1. The van der Waals surface area contributed by atoms with E-state index in [0.29, 0.717) is 0 Å². The lowest BCUT2D eigenvalue weighted by Crippen LogP contribution is -2.36. The Balaban J connectivity index is 1.84. The Bertz CT molecular complexity index is 257. The van der Waals surface area contributed by atoms with E-state index in [4.69, 9.17) is 0 Å². The molecule has 0 aromatic carbocycles. The number of hydrogen-bond donors (Lipinski definition) is 1. The summed E-state index contributed by atoms with van der Waals surface area (Å²) in [5.41, 5.74) is 0. The maximum Gasteiger partial charge on any atom is 0.227 e. The first-order valence-corrected chi connectivity index (χ1v) is 5.70. The summed E-state index contributed by atoms with van der Waals surface area (Å²) >= 11 is 1.35. The Hall–Kier alpha value is -0.750. The third kappa shape index (κ3) is 2.39. The second-order valence-electron chi connectivity index (χ2n) is 3.74. The van der Waals surface area contributed by atoms with Crippen LogP contribution in [0.3, 0.4) is 0 Å². The van der Waals surface area contributed by atoms with Crippen molar-refractivity contribution in [2.45, 2.75) is 12.8 Å². The van der Waals surface area contributed by atoms with Gasteiger partial charge in [-0.3, -0.25) is 0 Å². The molecule has 2 rings (SSSR count). The topological polar surface area (TPSA) is 53.9 Å². The maximum atomic E-state index is 3.94. The summed E-state index contributed by atoms with van der Waals surface area (Å²) in [5, 5.41) is 11.9. The Labute approximate surface area is 87.7 Å². The van der Waals surface area contributed by atoms with Crippen LogP contribution in [0.15, 0.2) is 0 Å². The summed E-state index contributed by atoms with van der Waals surface area (Å²) in [7, 11) is 2.05. The molecule has 0 amide bonds. The summed E-state index contributed by atoms with van der Waals surface area (Å²) in [5.74, 6) is 0.734. The molecular weight excluding hydrogens is 198 g/mol. The molecular formula is C8H15N5S. The van der Waals surface area contributed by atoms with Gasteiger partial charge < -0.3 is 10.2 Å². The minimum atomic E-state index is 0.734. The van der Waals surface area contributed by atoms with E-state index in [2.05, 4.69) is 32.1 Å². The van der Waals surface area contributed by atoms with Crippen LogP contribution in [0.1, 0.15) is 12.8 Å². The van der Waals surface area contributed by atoms with E-state index in [1.807, 2.05) is 0 Å². The zero-order chi connectivity index (χ0) is 9.80. The van der Waals surface area contributed by atoms with Gasteiger partial charge in [0.2, 0.25) is 5.13 Å². The minimum Gasteiger partial charge on any atom is -0.348 e. The van der Waals surface area contributed by atoms with E-state index >= 15 is 0 Å². The van der Waals surface area contributed by atoms with Crippen molar-refractivity contribution in [3.63, 3.8) is 0 Å². The van der Waals surface area contributed by atoms with Gasteiger partial charge in [0.15, 0.2) is 0 Å². The fourth-order valence-electron chi connectivity index (χ4n) is 1.82. The van der Waals surface area contributed by atoms with Gasteiger partial charge in [-0.1, -0.05) is 9.59 Å². The van der Waals surface area contributed by atoms with Crippen LogP contribution in [-0.4, -0.2) is 41.5 Å². The summed E-state index contributed by atoms with van der Waals surface area (Å²) in [6.07, 6.45) is 2.59. The molecule has 0 radical (unpaired) electrons. The highest BCUT2D eigenvalue weighted by atomic mass is 32.1. The summed E-state index contributed by atoms with van der Waals surface area (Å²) in [4.78, 5) is 2.14. The maximum absolute atomic E-state index is 3.94. The lowest BCUT2D eigenvalue weighted by atomic mass is 9.99. The van der Waals surface area contributed by atoms with Crippen LogP contribution < -0.4 is 10.2 Å². The van der Waals surface area contributed by atoms with Crippen molar-refractivity contribution in [3.8, 4) is 0 Å². The summed E-state index contributed by atoms with van der Waals surface area (Å²) in [6, 6.07) is 0. The molecule has 1 aromatic rings. The number of aromatic nitrogens is 3. The number of nitrogens with zero attached hydrogens (tertiary/aromatic N) is 4. The Kier molecular flexibility index (Phi) is 3.26. The first kappa shape index (κ1) is 9.79. The predicted octanol–water partition coefficient (Wildman–Crippen LogP) is 0.369. The van der Waals surface area contributed by atoms with E-state index < -0.39 is 0 Å². The Morgan fingerprint density at radius 1 is 1.64 bits per heavy atom. The van der Waals surface area contributed by atoms with Crippen LogP contribution >= 0.6 is 11.5 Å². The zero-order valence-electron chi connectivity index (χ0n) is 8.31. The van der Waals surface area contributed by atoms with Crippen molar-refractivity contribution in [1.29, 1.82) is 0 Å². The monoisotopic (exact) mass is 213 g/mol. The van der Waals surface area contributed by atoms with Gasteiger partial charge in [-0.2, -0.15) is 0 Å². The molecule has 1 saturated heterocycles. The summed E-state index contributed by atoms with van der Waals surface area (Å²) in [6.45, 7) is 3.33. The van der Waals surface area contributed by atoms with E-state index in [-0.39, 0.29) is 0 Å². The van der Waals surface area contributed by atoms with Crippen LogP contribution in [0.2, 0.25) is 0 Å². The van der Waals surface area contributed by atoms with Gasteiger partial charge in [-0.25, -0.2) is 0 Å². The molecule has 0 aliphatic carbocycles. The quantitative estimate of drug-likeness (QED) is 0.786. The van der Waals surface area contributed by atoms with Crippen molar-refractivity contribution in [3.05, 3.63) is 0 Å². The van der Waals surface area contributed by atoms with Gasteiger partial charge >= 0.3 is 0 Å². The second kappa shape index (κ2) is 4.65. The minimum absolute atomic E-state index is 0.734. The van der Waals surface area contributed by atoms with Crippen LogP contribution in [0, 0.1) is 5.92 Å². The molecule has 1 atom stereocenters. The van der Waals surface area contributed by atoms with Crippen LogP contribution in [0.4, 0.5) is 5.13 Å². The molecule has 2 heterocycles. The van der Waals surface area contributed by atoms with Gasteiger partial charge in [0, 0.05) is 25.1 Å². The van der Waals surface area contributed by atoms with E-state index in [9.17, 15) is 0 Å². The predicted molar refractivity (Wildman–Crippen MR) is 56.6 cm³/mol. The first-order valence-electron chi connectivity index (χ1n) is 4.93. The molecule has 1 aromatic heterocycles. The fraction of sp³-hybridized carbons (Fsp3) is 0.875. The Morgan fingerprint density at radius 2 is 2.57 bits per heavy atom. The van der Waals surface area contributed by atoms with E-state index in [1.165, 1.54) is 30.9 Å². The standard InChI is InChI=1S/C8H15N5S/c1-13(8-10-11-12-14-8)6-7-3-2-4-9-5-7/h7,9H,2-6H2,1H3. The number of nitrogens with one attached hydrogen (secondary N) is 1. The van der Waals surface area contributed by atoms with Crippen molar-refractivity contribution >= 4 is 16.7 Å². The molecule has 78 valence electrons. The molecule has 0 saturated carbocycles. The van der Waals surface area contributed by atoms with Crippen molar-refractivity contribution < 1.29 is 0 Å². The molecule has 1 fully saturated rings. The summed E-state index contributed by atoms with van der Waals surface area (Å²) < 4.78 is 3.76. The smallest absolute Gasteiger partial charge is 0.227 e. The van der Waals surface area contributed by atoms with Gasteiger partial charge in [0.05, 0.1) is 0 Å². The number of hydrogen-bond acceptors (Lipinski definition) is 6. The zero-order valence-corrected chi connectivity index (χ0v) is 9.13. The van der Waals surface area contributed by atoms with Gasteiger partial charge in [0.25, 0.3) is 0 Å². The number of anilines is 1. The lowest BCUT2D eigenvalue weighted by molar-refractivity contribution is 0.381. The average Bonchev–Trinajstić information content (AvgIpc) is 2.72. The fourth-order valence-corrected chi connectivity index (χ4v) is 2.25. The highest BCUT2D eigenvalue weighted by molar-refractivity contribution is 7.09. The molecule has 0 spiro atoms. The highest BCUT2D eigenvalue weighted by Gasteiger charge is 2.16.